The molecule has 0 radical (unpaired) electrons. The van der Waals surface area contributed by atoms with Crippen LogP contribution in [-0.4, -0.2) is 74.0 Å². The number of nitro groups is 1. The summed E-state index contributed by atoms with van der Waals surface area (Å²) in [6, 6.07) is 16.6. The second kappa shape index (κ2) is 14.9. The lowest BCUT2D eigenvalue weighted by Gasteiger charge is -2.42. The minimum absolute atomic E-state index is 0.0281. The number of allylic oxidation sites excluding steroid dienone is 2. The van der Waals surface area contributed by atoms with Gasteiger partial charge in [0.15, 0.2) is 0 Å². The first-order chi connectivity index (χ1) is 20.8. The van der Waals surface area contributed by atoms with Gasteiger partial charge in [-0.1, -0.05) is 42.5 Å². The van der Waals surface area contributed by atoms with Crippen LogP contribution in [0, 0.1) is 10.1 Å². The number of nitrogens with zero attached hydrogens (tertiary/aromatic N) is 3. The van der Waals surface area contributed by atoms with E-state index < -0.39 is 10.8 Å². The lowest BCUT2D eigenvalue weighted by atomic mass is 9.84. The first-order valence-electron chi connectivity index (χ1n) is 14.6. The van der Waals surface area contributed by atoms with Gasteiger partial charge < -0.3 is 29.9 Å². The van der Waals surface area contributed by atoms with Crippen molar-refractivity contribution in [2.75, 3.05) is 46.5 Å². The number of carbonyl (C=O) groups excluding carboxylic acids is 2. The highest BCUT2D eigenvalue weighted by molar-refractivity contribution is 5.60. The molecule has 0 bridgehead atoms. The highest BCUT2D eigenvalue weighted by Crippen LogP contribution is 2.39. The minimum Gasteiger partial charge on any atom is -0.382 e. The summed E-state index contributed by atoms with van der Waals surface area (Å²) in [6.45, 7) is 7.84. The molecule has 0 aromatic heterocycles. The van der Waals surface area contributed by atoms with E-state index in [0.29, 0.717) is 37.6 Å². The fraction of sp³-hybridized carbons (Fsp3) is 0.438. The Morgan fingerprint density at radius 3 is 2.37 bits per heavy atom. The summed E-state index contributed by atoms with van der Waals surface area (Å²) in [4.78, 5) is 38.9. The summed E-state index contributed by atoms with van der Waals surface area (Å²) in [5.74, 6) is -0.483. The number of non-ortho nitro benzene ring substituents is 1. The third kappa shape index (κ3) is 7.48. The number of rotatable bonds is 15. The molecule has 2 aromatic carbocycles. The fourth-order valence-electron chi connectivity index (χ4n) is 6.14. The maximum absolute atomic E-state index is 12.5. The molecule has 2 N–H and O–H groups in total. The number of likely N-dealkylation sites (tertiary alicyclic amines) is 1. The predicted molar refractivity (Wildman–Crippen MR) is 163 cm³/mol. The van der Waals surface area contributed by atoms with Crippen molar-refractivity contribution in [3.8, 4) is 0 Å². The van der Waals surface area contributed by atoms with Crippen molar-refractivity contribution in [2.24, 2.45) is 0 Å². The molecule has 11 nitrogen and oxygen atoms in total. The molecule has 2 amide bonds. The molecule has 1 unspecified atom stereocenters. The Morgan fingerprint density at radius 2 is 1.77 bits per heavy atom. The molecule has 43 heavy (non-hydrogen) atoms. The van der Waals surface area contributed by atoms with Gasteiger partial charge in [0.25, 0.3) is 5.69 Å². The average molecular weight is 592 g/mol. The molecule has 1 fully saturated rings. The zero-order chi connectivity index (χ0) is 30.8. The second-order valence-corrected chi connectivity index (χ2v) is 10.9. The van der Waals surface area contributed by atoms with Crippen LogP contribution in [0.2, 0.25) is 0 Å². The van der Waals surface area contributed by atoms with Crippen molar-refractivity contribution in [2.45, 2.75) is 44.6 Å². The molecule has 2 aliphatic rings. The van der Waals surface area contributed by atoms with Crippen LogP contribution >= 0.6 is 0 Å². The van der Waals surface area contributed by atoms with E-state index in [1.165, 1.54) is 17.7 Å². The van der Waals surface area contributed by atoms with Gasteiger partial charge in [0.05, 0.1) is 41.1 Å². The van der Waals surface area contributed by atoms with Crippen LogP contribution in [0.4, 0.5) is 5.69 Å². The second-order valence-electron chi connectivity index (χ2n) is 10.9. The van der Waals surface area contributed by atoms with Crippen LogP contribution in [0.1, 0.15) is 50.2 Å². The van der Waals surface area contributed by atoms with Gasteiger partial charge in [-0.3, -0.25) is 19.7 Å². The number of nitro benzene ring substituents is 1. The zero-order valence-corrected chi connectivity index (χ0v) is 25.1. The number of benzene rings is 2. The van der Waals surface area contributed by atoms with Gasteiger partial charge in [-0.15, -0.1) is 0 Å². The summed E-state index contributed by atoms with van der Waals surface area (Å²) in [5, 5.41) is 17.3. The molecule has 1 atom stereocenters. The van der Waals surface area contributed by atoms with Crippen LogP contribution in [0.15, 0.2) is 77.4 Å². The molecule has 11 heteroatoms. The maximum Gasteiger partial charge on any atom is 0.269 e. The molecule has 4 rings (SSSR count). The highest BCUT2D eigenvalue weighted by atomic mass is 16.6. The number of hydrogen-bond donors (Lipinski definition) is 2. The van der Waals surface area contributed by atoms with Crippen molar-refractivity contribution in [3.63, 3.8) is 0 Å². The van der Waals surface area contributed by atoms with Gasteiger partial charge in [-0.25, -0.2) is 0 Å². The number of carbonyl (C=O) groups is 2. The van der Waals surface area contributed by atoms with Crippen molar-refractivity contribution in [1.82, 2.24) is 20.4 Å². The predicted octanol–water partition coefficient (Wildman–Crippen LogP) is 3.99. The third-order valence-electron chi connectivity index (χ3n) is 8.32. The smallest absolute Gasteiger partial charge is 0.269 e. The van der Waals surface area contributed by atoms with Gasteiger partial charge in [0.2, 0.25) is 12.8 Å². The van der Waals surface area contributed by atoms with E-state index in [1.54, 1.807) is 24.1 Å². The van der Waals surface area contributed by atoms with Crippen LogP contribution < -0.4 is 10.6 Å². The van der Waals surface area contributed by atoms with Gasteiger partial charge >= 0.3 is 0 Å². The summed E-state index contributed by atoms with van der Waals surface area (Å²) < 4.78 is 11.6. The summed E-state index contributed by atoms with van der Waals surface area (Å²) in [7, 11) is 1.68. The molecule has 2 aromatic rings. The zero-order valence-electron chi connectivity index (χ0n) is 25.1. The van der Waals surface area contributed by atoms with Gasteiger partial charge in [-0.2, -0.15) is 0 Å². The summed E-state index contributed by atoms with van der Waals surface area (Å²) in [5.41, 5.74) is 4.37. The largest absolute Gasteiger partial charge is 0.382 e. The third-order valence-corrected chi connectivity index (χ3v) is 8.32. The number of nitrogens with one attached hydrogen (secondary N) is 2. The molecular weight excluding hydrogens is 550 g/mol. The lowest BCUT2D eigenvalue weighted by molar-refractivity contribution is -0.384. The molecule has 230 valence electrons. The lowest BCUT2D eigenvalue weighted by Crippen LogP contribution is -2.45. The average Bonchev–Trinajstić information content (AvgIpc) is 3.02. The summed E-state index contributed by atoms with van der Waals surface area (Å²) in [6.07, 6.45) is 3.88. The minimum atomic E-state index is -0.483. The van der Waals surface area contributed by atoms with Crippen LogP contribution in [0.3, 0.4) is 0 Å². The Kier molecular flexibility index (Phi) is 11.0. The molecule has 0 spiro atoms. The topological polar surface area (TPSA) is 126 Å². The van der Waals surface area contributed by atoms with E-state index in [2.05, 4.69) is 27.7 Å². The number of amides is 2. The van der Waals surface area contributed by atoms with E-state index >= 15 is 0 Å². The molecule has 2 aliphatic heterocycles. The first kappa shape index (κ1) is 31.9. The molecule has 0 saturated carbocycles. The fourth-order valence-corrected chi connectivity index (χ4v) is 6.14. The van der Waals surface area contributed by atoms with E-state index in [9.17, 15) is 19.7 Å². The number of ether oxygens (including phenoxy) is 2. The first-order valence-corrected chi connectivity index (χ1v) is 14.6. The van der Waals surface area contributed by atoms with Crippen molar-refractivity contribution in [1.29, 1.82) is 0 Å². The standard InChI is InChI=1S/C32H41N5O6/c1-24-30(33-22-38)29(26-10-12-28(13-11-26)37(40)41)31(25(2)34-24)36(23-39)17-7-16-35-18-14-32(15-19-35,43-21-20-42-3)27-8-5-4-6-9-27/h4-6,8-13,22-23,29,34H,7,14-21H2,1-3H3,(H,33,38). The van der Waals surface area contributed by atoms with Crippen LogP contribution in [0.25, 0.3) is 0 Å². The van der Waals surface area contributed by atoms with Crippen molar-refractivity contribution in [3.05, 3.63) is 98.6 Å². The van der Waals surface area contributed by atoms with Crippen LogP contribution in [0.5, 0.6) is 0 Å². The Balaban J connectivity index is 1.45. The summed E-state index contributed by atoms with van der Waals surface area (Å²) >= 11 is 0. The van der Waals surface area contributed by atoms with Crippen molar-refractivity contribution < 1.29 is 24.0 Å². The quantitative estimate of drug-likeness (QED) is 0.138. The van der Waals surface area contributed by atoms with E-state index in [4.69, 9.17) is 9.47 Å². The molecule has 1 saturated heterocycles. The molecular formula is C32H41N5O6. The van der Waals surface area contributed by atoms with E-state index in [0.717, 1.165) is 62.3 Å². The SMILES string of the molecule is COCCOC1(c2ccccc2)CCN(CCCN(C=O)C2=C(C)NC(C)=C(NC=O)C2c2ccc([N+](=O)[O-])cc2)CC1. The Labute approximate surface area is 252 Å². The van der Waals surface area contributed by atoms with E-state index in [1.807, 2.05) is 32.0 Å². The highest BCUT2D eigenvalue weighted by Gasteiger charge is 2.37. The Morgan fingerprint density at radius 1 is 1.07 bits per heavy atom. The van der Waals surface area contributed by atoms with Gasteiger partial charge in [0.1, 0.15) is 0 Å². The van der Waals surface area contributed by atoms with E-state index in [-0.39, 0.29) is 11.3 Å². The number of piperidine rings is 1. The van der Waals surface area contributed by atoms with Gasteiger partial charge in [-0.05, 0) is 50.8 Å². The number of methoxy groups -OCH3 is 1. The molecule has 0 aliphatic carbocycles. The number of hydrogen-bond acceptors (Lipinski definition) is 8. The van der Waals surface area contributed by atoms with Gasteiger partial charge in [0, 0.05) is 50.3 Å². The normalized spacial score (nSPS) is 18.6. The Bertz CT molecular complexity index is 1320. The maximum atomic E-state index is 12.5. The Hall–Kier alpha value is -4.06. The monoisotopic (exact) mass is 591 g/mol. The van der Waals surface area contributed by atoms with Crippen LogP contribution in [-0.2, 0) is 24.7 Å². The van der Waals surface area contributed by atoms with Crippen molar-refractivity contribution >= 4 is 18.5 Å². The number of dihydropyridines is 1. The molecule has 2 heterocycles.